The summed E-state index contributed by atoms with van der Waals surface area (Å²) < 4.78 is 0. The number of rotatable bonds is 6. The minimum absolute atomic E-state index is 0.0725. The van der Waals surface area contributed by atoms with E-state index < -0.39 is 17.7 Å². The number of hydrogen-bond donors (Lipinski definition) is 1. The molecular formula is C21H22ClN3O3. The normalized spacial score (nSPS) is 18.9. The highest BCUT2D eigenvalue weighted by Gasteiger charge is 2.45. The monoisotopic (exact) mass is 399 g/mol. The van der Waals surface area contributed by atoms with Crippen molar-refractivity contribution in [2.24, 2.45) is 0 Å². The van der Waals surface area contributed by atoms with E-state index in [9.17, 15) is 14.7 Å². The van der Waals surface area contributed by atoms with E-state index in [-0.39, 0.29) is 11.3 Å². The number of hydrogen-bond acceptors (Lipinski definition) is 5. The highest BCUT2D eigenvalue weighted by atomic mass is 35.5. The number of Topliss-reactive ketones (excluding diaryl/α,β-unsaturated/α-hetero) is 1. The van der Waals surface area contributed by atoms with Crippen molar-refractivity contribution in [2.75, 3.05) is 27.2 Å². The number of halogens is 1. The summed E-state index contributed by atoms with van der Waals surface area (Å²) in [4.78, 5) is 33.1. The molecule has 6 nitrogen and oxygen atoms in total. The minimum Gasteiger partial charge on any atom is -0.507 e. The molecule has 1 amide bonds. The van der Waals surface area contributed by atoms with Crippen LogP contribution in [0.25, 0.3) is 5.76 Å². The van der Waals surface area contributed by atoms with Gasteiger partial charge in [-0.25, -0.2) is 0 Å². The molecule has 1 atom stereocenters. The molecule has 1 aliphatic rings. The standard InChI is InChI=1S/C21H22ClN3O3/c1-24(2)11-4-12-25-18(15-5-3-6-16(22)13-15)17(20(27)21(25)28)19(26)14-7-9-23-10-8-14/h3,5-10,13,18,26H,4,11-12H2,1-2H3/b19-17+. The van der Waals surface area contributed by atoms with E-state index in [0.29, 0.717) is 29.1 Å². The van der Waals surface area contributed by atoms with Crippen molar-refractivity contribution in [3.63, 3.8) is 0 Å². The average molecular weight is 400 g/mol. The first-order valence-electron chi connectivity index (χ1n) is 8.99. The third-order valence-electron chi connectivity index (χ3n) is 4.66. The van der Waals surface area contributed by atoms with Crippen LogP contribution < -0.4 is 0 Å². The lowest BCUT2D eigenvalue weighted by molar-refractivity contribution is -0.139. The van der Waals surface area contributed by atoms with Gasteiger partial charge in [0.1, 0.15) is 5.76 Å². The maximum Gasteiger partial charge on any atom is 0.295 e. The van der Waals surface area contributed by atoms with Crippen molar-refractivity contribution in [1.82, 2.24) is 14.8 Å². The fourth-order valence-corrected chi connectivity index (χ4v) is 3.56. The van der Waals surface area contributed by atoms with Crippen LogP contribution in [0.2, 0.25) is 5.02 Å². The zero-order chi connectivity index (χ0) is 20.3. The molecule has 1 aromatic heterocycles. The molecule has 146 valence electrons. The van der Waals surface area contributed by atoms with Crippen LogP contribution in [0.15, 0.2) is 54.4 Å². The summed E-state index contributed by atoms with van der Waals surface area (Å²) in [6.45, 7) is 1.17. The SMILES string of the molecule is CN(C)CCCN1C(=O)C(=O)/C(=C(/O)c2ccncc2)C1c1cccc(Cl)c1. The van der Waals surface area contributed by atoms with E-state index in [2.05, 4.69) is 4.98 Å². The minimum atomic E-state index is -0.691. The predicted octanol–water partition coefficient (Wildman–Crippen LogP) is 3.11. The molecule has 1 fully saturated rings. The topological polar surface area (TPSA) is 73.7 Å². The molecule has 28 heavy (non-hydrogen) atoms. The number of carbonyl (C=O) groups excluding carboxylic acids is 2. The first-order chi connectivity index (χ1) is 13.4. The maximum atomic E-state index is 12.8. The number of ketones is 1. The first-order valence-corrected chi connectivity index (χ1v) is 9.37. The van der Waals surface area contributed by atoms with E-state index in [1.807, 2.05) is 19.0 Å². The number of aliphatic hydroxyl groups excluding tert-OH is 1. The molecule has 0 bridgehead atoms. The molecule has 2 aromatic rings. The highest BCUT2D eigenvalue weighted by Crippen LogP contribution is 2.39. The van der Waals surface area contributed by atoms with Crippen LogP contribution in [0, 0.1) is 0 Å². The Kier molecular flexibility index (Phi) is 6.11. The van der Waals surface area contributed by atoms with E-state index in [1.165, 1.54) is 17.3 Å². The molecule has 0 spiro atoms. The van der Waals surface area contributed by atoms with Crippen molar-refractivity contribution in [1.29, 1.82) is 0 Å². The van der Waals surface area contributed by atoms with Gasteiger partial charge in [-0.15, -0.1) is 0 Å². The Labute approximate surface area is 169 Å². The van der Waals surface area contributed by atoms with Crippen molar-refractivity contribution in [3.8, 4) is 0 Å². The summed E-state index contributed by atoms with van der Waals surface area (Å²) in [5.41, 5.74) is 1.20. The van der Waals surface area contributed by atoms with Crippen LogP contribution in [-0.2, 0) is 9.59 Å². The van der Waals surface area contributed by atoms with Crippen LogP contribution in [0.5, 0.6) is 0 Å². The lowest BCUT2D eigenvalue weighted by atomic mass is 9.95. The number of amides is 1. The van der Waals surface area contributed by atoms with Gasteiger partial charge < -0.3 is 14.9 Å². The molecule has 1 N–H and O–H groups in total. The molecule has 1 aliphatic heterocycles. The average Bonchev–Trinajstić information content (AvgIpc) is 2.93. The second-order valence-electron chi connectivity index (χ2n) is 6.94. The number of benzene rings is 1. The van der Waals surface area contributed by atoms with Gasteiger partial charge >= 0.3 is 0 Å². The van der Waals surface area contributed by atoms with Gasteiger partial charge in [-0.2, -0.15) is 0 Å². The van der Waals surface area contributed by atoms with Crippen molar-refractivity contribution in [3.05, 3.63) is 70.5 Å². The number of nitrogens with zero attached hydrogens (tertiary/aromatic N) is 3. The summed E-state index contributed by atoms with van der Waals surface area (Å²) in [5, 5.41) is 11.4. The molecule has 1 aromatic carbocycles. The van der Waals surface area contributed by atoms with Crippen molar-refractivity contribution < 1.29 is 14.7 Å². The van der Waals surface area contributed by atoms with E-state index in [1.54, 1.807) is 36.4 Å². The Hall–Kier alpha value is -2.70. The van der Waals surface area contributed by atoms with Gasteiger partial charge in [-0.1, -0.05) is 23.7 Å². The summed E-state index contributed by atoms with van der Waals surface area (Å²) in [6.07, 6.45) is 3.75. The second kappa shape index (κ2) is 8.54. The quantitative estimate of drug-likeness (QED) is 0.459. The fraction of sp³-hybridized carbons (Fsp3) is 0.286. The molecule has 2 heterocycles. The number of pyridine rings is 1. The first kappa shape index (κ1) is 20.0. The lowest BCUT2D eigenvalue weighted by Gasteiger charge is -2.26. The Morgan fingerprint density at radius 3 is 2.57 bits per heavy atom. The summed E-state index contributed by atoms with van der Waals surface area (Å²) in [5.74, 6) is -1.51. The molecule has 0 radical (unpaired) electrons. The number of aliphatic hydroxyl groups is 1. The van der Waals surface area contributed by atoms with Gasteiger partial charge in [-0.05, 0) is 56.9 Å². The van der Waals surface area contributed by atoms with Crippen LogP contribution in [-0.4, -0.2) is 58.8 Å². The second-order valence-corrected chi connectivity index (χ2v) is 7.38. The van der Waals surface area contributed by atoms with Crippen molar-refractivity contribution in [2.45, 2.75) is 12.5 Å². The smallest absolute Gasteiger partial charge is 0.295 e. The summed E-state index contributed by atoms with van der Waals surface area (Å²) >= 11 is 6.15. The van der Waals surface area contributed by atoms with Crippen LogP contribution in [0.3, 0.4) is 0 Å². The van der Waals surface area contributed by atoms with Gasteiger partial charge in [0.05, 0.1) is 11.6 Å². The predicted molar refractivity (Wildman–Crippen MR) is 108 cm³/mol. The van der Waals surface area contributed by atoms with Gasteiger partial charge in [-0.3, -0.25) is 14.6 Å². The number of carbonyl (C=O) groups is 2. The molecule has 0 aliphatic carbocycles. The van der Waals surface area contributed by atoms with E-state index in [4.69, 9.17) is 11.6 Å². The maximum absolute atomic E-state index is 12.8. The third kappa shape index (κ3) is 4.08. The van der Waals surface area contributed by atoms with Gasteiger partial charge in [0.25, 0.3) is 11.7 Å². The van der Waals surface area contributed by atoms with Gasteiger partial charge in [0.2, 0.25) is 0 Å². The van der Waals surface area contributed by atoms with Gasteiger partial charge in [0.15, 0.2) is 0 Å². The Bertz CT molecular complexity index is 912. The van der Waals surface area contributed by atoms with Gasteiger partial charge in [0, 0.05) is 29.5 Å². The van der Waals surface area contributed by atoms with Crippen LogP contribution >= 0.6 is 11.6 Å². The summed E-state index contributed by atoms with van der Waals surface area (Å²) in [6, 6.07) is 9.54. The molecule has 1 saturated heterocycles. The van der Waals surface area contributed by atoms with Crippen LogP contribution in [0.1, 0.15) is 23.6 Å². The number of aromatic nitrogens is 1. The van der Waals surface area contributed by atoms with E-state index >= 15 is 0 Å². The largest absolute Gasteiger partial charge is 0.507 e. The number of likely N-dealkylation sites (tertiary alicyclic amines) is 1. The Balaban J connectivity index is 2.08. The highest BCUT2D eigenvalue weighted by molar-refractivity contribution is 6.46. The Morgan fingerprint density at radius 1 is 1.21 bits per heavy atom. The summed E-state index contributed by atoms with van der Waals surface area (Å²) in [7, 11) is 3.90. The molecular weight excluding hydrogens is 378 g/mol. The molecule has 1 unspecified atom stereocenters. The Morgan fingerprint density at radius 2 is 1.93 bits per heavy atom. The zero-order valence-electron chi connectivity index (χ0n) is 15.8. The van der Waals surface area contributed by atoms with Crippen molar-refractivity contribution >= 4 is 29.1 Å². The molecule has 3 rings (SSSR count). The molecule has 0 saturated carbocycles. The van der Waals surface area contributed by atoms with E-state index in [0.717, 1.165) is 6.54 Å². The molecule has 7 heteroatoms. The van der Waals surface area contributed by atoms with Crippen LogP contribution in [0.4, 0.5) is 0 Å². The third-order valence-corrected chi connectivity index (χ3v) is 4.90. The lowest BCUT2D eigenvalue weighted by Crippen LogP contribution is -2.32. The fourth-order valence-electron chi connectivity index (χ4n) is 3.36. The zero-order valence-corrected chi connectivity index (χ0v) is 16.6.